The first-order chi connectivity index (χ1) is 12.2. The number of anilines is 1. The second-order valence-electron chi connectivity index (χ2n) is 6.91. The summed E-state index contributed by atoms with van der Waals surface area (Å²) >= 11 is 0. The summed E-state index contributed by atoms with van der Waals surface area (Å²) in [7, 11) is -3.99. The number of fused-ring (bicyclic) bond motifs is 1. The normalized spacial score (nSPS) is 19.6. The summed E-state index contributed by atoms with van der Waals surface area (Å²) in [5.74, 6) is 0. The van der Waals surface area contributed by atoms with Crippen molar-refractivity contribution in [2.75, 3.05) is 11.9 Å². The van der Waals surface area contributed by atoms with Crippen molar-refractivity contribution in [3.63, 3.8) is 0 Å². The maximum atomic E-state index is 11.8. The average molecular weight is 375 g/mol. The van der Waals surface area contributed by atoms with E-state index in [1.54, 1.807) is 0 Å². The average Bonchev–Trinajstić information content (AvgIpc) is 2.59. The fraction of sp³-hybridized carbons (Fsp3) is 0.333. The van der Waals surface area contributed by atoms with Crippen molar-refractivity contribution in [2.24, 2.45) is 5.14 Å². The summed E-state index contributed by atoms with van der Waals surface area (Å²) in [5, 5.41) is 19.4. The number of nitro groups is 1. The smallest absolute Gasteiger partial charge is 0.271 e. The van der Waals surface area contributed by atoms with Crippen LogP contribution in [0.5, 0.6) is 0 Å². The van der Waals surface area contributed by atoms with Gasteiger partial charge in [-0.1, -0.05) is 31.2 Å². The second-order valence-corrected chi connectivity index (χ2v) is 8.44. The van der Waals surface area contributed by atoms with Crippen LogP contribution in [0.3, 0.4) is 0 Å². The fourth-order valence-electron chi connectivity index (χ4n) is 3.62. The topological polar surface area (TPSA) is 115 Å². The van der Waals surface area contributed by atoms with E-state index in [9.17, 15) is 18.5 Å². The van der Waals surface area contributed by atoms with Crippen molar-refractivity contribution in [1.82, 2.24) is 0 Å². The van der Waals surface area contributed by atoms with Crippen LogP contribution in [0, 0.1) is 10.1 Å². The van der Waals surface area contributed by atoms with E-state index in [1.165, 1.54) is 23.3 Å². The molecule has 2 aromatic rings. The van der Waals surface area contributed by atoms with Crippen LogP contribution in [0.2, 0.25) is 0 Å². The highest BCUT2D eigenvalue weighted by Crippen LogP contribution is 2.38. The predicted octanol–water partition coefficient (Wildman–Crippen LogP) is 2.95. The van der Waals surface area contributed by atoms with Crippen LogP contribution in [0.1, 0.15) is 30.9 Å². The minimum atomic E-state index is -3.99. The Morgan fingerprint density at radius 2 is 2.00 bits per heavy atom. The number of benzene rings is 2. The number of nitrogens with two attached hydrogens (primary N) is 1. The Morgan fingerprint density at radius 1 is 1.27 bits per heavy atom. The van der Waals surface area contributed by atoms with E-state index in [0.717, 1.165) is 25.3 Å². The van der Waals surface area contributed by atoms with Gasteiger partial charge in [-0.3, -0.25) is 10.1 Å². The number of hydrogen-bond acceptors (Lipinski definition) is 5. The van der Waals surface area contributed by atoms with Gasteiger partial charge in [0.2, 0.25) is 10.0 Å². The van der Waals surface area contributed by atoms with Crippen molar-refractivity contribution >= 4 is 21.4 Å². The Kier molecular flexibility index (Phi) is 4.72. The van der Waals surface area contributed by atoms with Crippen molar-refractivity contribution in [1.29, 1.82) is 0 Å². The van der Waals surface area contributed by atoms with Gasteiger partial charge in [0.25, 0.3) is 5.69 Å². The molecule has 3 rings (SSSR count). The number of aryl methyl sites for hydroxylation is 1. The van der Waals surface area contributed by atoms with Gasteiger partial charge in [-0.15, -0.1) is 0 Å². The molecule has 0 amide bonds. The molecule has 2 aromatic carbocycles. The van der Waals surface area contributed by atoms with Crippen LogP contribution in [0.4, 0.5) is 11.4 Å². The first-order valence-electron chi connectivity index (χ1n) is 8.34. The van der Waals surface area contributed by atoms with Gasteiger partial charge in [-0.2, -0.15) is 0 Å². The van der Waals surface area contributed by atoms with Crippen molar-refractivity contribution in [2.45, 2.75) is 36.5 Å². The van der Waals surface area contributed by atoms with Gasteiger partial charge >= 0.3 is 0 Å². The molecule has 0 spiro atoms. The molecular formula is C18H21N3O4S. The number of nitro benzene ring substituents is 1. The lowest BCUT2D eigenvalue weighted by atomic mass is 9.71. The zero-order valence-electron chi connectivity index (χ0n) is 14.4. The molecular weight excluding hydrogens is 354 g/mol. The second kappa shape index (κ2) is 6.69. The Balaban J connectivity index is 1.95. The van der Waals surface area contributed by atoms with E-state index in [1.807, 2.05) is 12.1 Å². The van der Waals surface area contributed by atoms with Gasteiger partial charge in [-0.25, -0.2) is 13.6 Å². The minimum absolute atomic E-state index is 0.143. The van der Waals surface area contributed by atoms with Gasteiger partial charge in [0, 0.05) is 24.1 Å². The lowest BCUT2D eigenvalue weighted by Gasteiger charge is -2.36. The highest BCUT2D eigenvalue weighted by atomic mass is 32.2. The summed E-state index contributed by atoms with van der Waals surface area (Å²) < 4.78 is 23.7. The third-order valence-electron chi connectivity index (χ3n) is 4.99. The molecule has 1 aliphatic rings. The maximum absolute atomic E-state index is 11.8. The van der Waals surface area contributed by atoms with E-state index < -0.39 is 14.9 Å². The van der Waals surface area contributed by atoms with Crippen molar-refractivity contribution < 1.29 is 13.3 Å². The summed E-state index contributed by atoms with van der Waals surface area (Å²) in [6, 6.07) is 11.7. The molecule has 0 heterocycles. The molecule has 1 aliphatic carbocycles. The Hall–Kier alpha value is -2.45. The molecule has 0 aliphatic heterocycles. The molecule has 0 radical (unpaired) electrons. The van der Waals surface area contributed by atoms with Crippen molar-refractivity contribution in [3.05, 3.63) is 63.7 Å². The first-order valence-corrected chi connectivity index (χ1v) is 9.89. The zero-order chi connectivity index (χ0) is 18.9. The standard InChI is InChI=1S/C18H21N3O4S/c1-18(10-4-6-13-5-2-3-7-15(13)18)12-20-16-11-14(21(22)23)8-9-17(16)26(19,24)25/h2-3,5,7-9,11,20H,4,6,10,12H2,1H3,(H2,19,24,25). The Bertz CT molecular complexity index is 959. The molecule has 7 nitrogen and oxygen atoms in total. The largest absolute Gasteiger partial charge is 0.383 e. The van der Waals surface area contributed by atoms with E-state index in [-0.39, 0.29) is 21.7 Å². The fourth-order valence-corrected chi connectivity index (χ4v) is 4.32. The van der Waals surface area contributed by atoms with Crippen LogP contribution in [-0.4, -0.2) is 19.9 Å². The number of hydrogen-bond donors (Lipinski definition) is 2. The van der Waals surface area contributed by atoms with Gasteiger partial charge in [-0.05, 0) is 36.5 Å². The molecule has 0 saturated heterocycles. The summed E-state index contributed by atoms with van der Waals surface area (Å²) in [6.45, 7) is 2.57. The lowest BCUT2D eigenvalue weighted by Crippen LogP contribution is -2.35. The van der Waals surface area contributed by atoms with Gasteiger partial charge in [0.1, 0.15) is 4.90 Å². The van der Waals surface area contributed by atoms with Gasteiger partial charge in [0.05, 0.1) is 10.6 Å². The summed E-state index contributed by atoms with van der Waals surface area (Å²) in [4.78, 5) is 10.3. The molecule has 0 aromatic heterocycles. The number of nitrogens with one attached hydrogen (secondary N) is 1. The number of nitrogens with zero attached hydrogens (tertiary/aromatic N) is 1. The molecule has 0 fully saturated rings. The maximum Gasteiger partial charge on any atom is 0.271 e. The van der Waals surface area contributed by atoms with Gasteiger partial charge in [0.15, 0.2) is 0 Å². The Labute approximate surface area is 152 Å². The SMILES string of the molecule is CC1(CNc2cc([N+](=O)[O-])ccc2S(N)(=O)=O)CCCc2ccccc21. The van der Waals surface area contributed by atoms with Crippen LogP contribution in [0.15, 0.2) is 47.4 Å². The third kappa shape index (κ3) is 3.56. The first kappa shape index (κ1) is 18.3. The highest BCUT2D eigenvalue weighted by Gasteiger charge is 2.32. The molecule has 8 heteroatoms. The molecule has 1 unspecified atom stereocenters. The Morgan fingerprint density at radius 3 is 2.69 bits per heavy atom. The summed E-state index contributed by atoms with van der Waals surface area (Å²) in [6.07, 6.45) is 2.99. The minimum Gasteiger partial charge on any atom is -0.383 e. The van der Waals surface area contributed by atoms with Crippen LogP contribution in [0.25, 0.3) is 0 Å². The summed E-state index contributed by atoms with van der Waals surface area (Å²) in [5.41, 5.74) is 2.28. The van der Waals surface area contributed by atoms with E-state index in [4.69, 9.17) is 5.14 Å². The quantitative estimate of drug-likeness (QED) is 0.616. The highest BCUT2D eigenvalue weighted by molar-refractivity contribution is 7.89. The molecule has 3 N–H and O–H groups in total. The number of rotatable bonds is 5. The van der Waals surface area contributed by atoms with E-state index >= 15 is 0 Å². The molecule has 0 bridgehead atoms. The number of sulfonamides is 1. The van der Waals surface area contributed by atoms with E-state index in [0.29, 0.717) is 6.54 Å². The molecule has 26 heavy (non-hydrogen) atoms. The lowest BCUT2D eigenvalue weighted by molar-refractivity contribution is -0.384. The van der Waals surface area contributed by atoms with Crippen LogP contribution < -0.4 is 10.5 Å². The van der Waals surface area contributed by atoms with Crippen LogP contribution >= 0.6 is 0 Å². The van der Waals surface area contributed by atoms with Gasteiger partial charge < -0.3 is 5.32 Å². The number of non-ortho nitro benzene ring substituents is 1. The molecule has 1 atom stereocenters. The third-order valence-corrected chi connectivity index (χ3v) is 5.96. The van der Waals surface area contributed by atoms with E-state index in [2.05, 4.69) is 24.4 Å². The molecule has 138 valence electrons. The van der Waals surface area contributed by atoms with Crippen LogP contribution in [-0.2, 0) is 21.9 Å². The van der Waals surface area contributed by atoms with Crippen molar-refractivity contribution in [3.8, 4) is 0 Å². The number of primary sulfonamides is 1. The molecule has 0 saturated carbocycles. The zero-order valence-corrected chi connectivity index (χ0v) is 15.3. The monoisotopic (exact) mass is 375 g/mol. The predicted molar refractivity (Wildman–Crippen MR) is 99.7 cm³/mol.